The highest BCUT2D eigenvalue weighted by Gasteiger charge is 2.29. The van der Waals surface area contributed by atoms with Gasteiger partial charge in [0.2, 0.25) is 0 Å². The van der Waals surface area contributed by atoms with Crippen LogP contribution in [-0.2, 0) is 4.74 Å². The maximum absolute atomic E-state index is 12.0. The molecular formula is C16H31N3O2. The zero-order valence-corrected chi connectivity index (χ0v) is 14.0. The van der Waals surface area contributed by atoms with E-state index in [1.807, 2.05) is 25.7 Å². The average molecular weight is 297 g/mol. The summed E-state index contributed by atoms with van der Waals surface area (Å²) in [5.41, 5.74) is -0.399. The van der Waals surface area contributed by atoms with Gasteiger partial charge in [-0.2, -0.15) is 0 Å². The number of rotatable bonds is 2. The fourth-order valence-electron chi connectivity index (χ4n) is 3.11. The first-order chi connectivity index (χ1) is 9.85. The third-order valence-corrected chi connectivity index (χ3v) is 4.40. The summed E-state index contributed by atoms with van der Waals surface area (Å²) in [5.74, 6) is 0.712. The van der Waals surface area contributed by atoms with Gasteiger partial charge in [0.25, 0.3) is 0 Å². The molecule has 1 N–H and O–H groups in total. The van der Waals surface area contributed by atoms with E-state index in [1.54, 1.807) is 0 Å². The summed E-state index contributed by atoms with van der Waals surface area (Å²) in [6.45, 7) is 14.2. The molecule has 0 spiro atoms. The van der Waals surface area contributed by atoms with Crippen LogP contribution in [0.15, 0.2) is 0 Å². The van der Waals surface area contributed by atoms with Crippen molar-refractivity contribution < 1.29 is 9.53 Å². The van der Waals surface area contributed by atoms with E-state index in [4.69, 9.17) is 4.74 Å². The lowest BCUT2D eigenvalue weighted by Gasteiger charge is -2.39. The number of piperidine rings is 1. The van der Waals surface area contributed by atoms with Crippen molar-refractivity contribution in [3.8, 4) is 0 Å². The molecular weight excluding hydrogens is 266 g/mol. The first kappa shape index (κ1) is 16.6. The maximum atomic E-state index is 12.0. The van der Waals surface area contributed by atoms with Crippen molar-refractivity contribution in [1.82, 2.24) is 15.1 Å². The Morgan fingerprint density at radius 3 is 2.48 bits per heavy atom. The smallest absolute Gasteiger partial charge is 0.410 e. The molecule has 2 saturated heterocycles. The Morgan fingerprint density at radius 1 is 1.24 bits per heavy atom. The van der Waals surface area contributed by atoms with Crippen LogP contribution in [0.3, 0.4) is 0 Å². The Balaban J connectivity index is 1.74. The molecule has 5 heteroatoms. The molecule has 0 aromatic carbocycles. The standard InChI is InChI=1S/C16H31N3O2/c1-13-11-17-7-10-19(13)12-14-5-8-18(9-6-14)15(20)21-16(2,3)4/h13-14,17H,5-12H2,1-4H3/t13-/m1/s1. The monoisotopic (exact) mass is 297 g/mol. The molecule has 0 aliphatic carbocycles. The van der Waals surface area contributed by atoms with Crippen molar-refractivity contribution in [3.05, 3.63) is 0 Å². The molecule has 2 rings (SSSR count). The van der Waals surface area contributed by atoms with Crippen molar-refractivity contribution in [2.75, 3.05) is 39.3 Å². The fourth-order valence-corrected chi connectivity index (χ4v) is 3.11. The van der Waals surface area contributed by atoms with Gasteiger partial charge in [0.05, 0.1) is 0 Å². The highest BCUT2D eigenvalue weighted by atomic mass is 16.6. The number of ether oxygens (including phenoxy) is 1. The van der Waals surface area contributed by atoms with Crippen LogP contribution in [0.25, 0.3) is 0 Å². The molecule has 2 aliphatic heterocycles. The normalized spacial score (nSPS) is 25.9. The van der Waals surface area contributed by atoms with Crippen LogP contribution in [-0.4, -0.2) is 66.8 Å². The number of nitrogens with one attached hydrogen (secondary N) is 1. The SMILES string of the molecule is C[C@@H]1CNCCN1CC1CCN(C(=O)OC(C)(C)C)CC1. The molecule has 1 amide bonds. The topological polar surface area (TPSA) is 44.8 Å². The molecule has 122 valence electrons. The Labute approximate surface area is 129 Å². The molecule has 2 fully saturated rings. The number of piperazine rings is 1. The molecule has 2 heterocycles. The second-order valence-electron chi connectivity index (χ2n) is 7.46. The summed E-state index contributed by atoms with van der Waals surface area (Å²) in [7, 11) is 0. The van der Waals surface area contributed by atoms with Gasteiger partial charge in [0, 0.05) is 45.3 Å². The largest absolute Gasteiger partial charge is 0.444 e. The van der Waals surface area contributed by atoms with E-state index in [2.05, 4.69) is 17.1 Å². The first-order valence-corrected chi connectivity index (χ1v) is 8.28. The van der Waals surface area contributed by atoms with E-state index < -0.39 is 5.60 Å². The number of carbonyl (C=O) groups excluding carboxylic acids is 1. The lowest BCUT2D eigenvalue weighted by molar-refractivity contribution is 0.0159. The molecule has 0 bridgehead atoms. The van der Waals surface area contributed by atoms with Crippen LogP contribution in [0.2, 0.25) is 0 Å². The second kappa shape index (κ2) is 6.97. The van der Waals surface area contributed by atoms with E-state index in [0.717, 1.165) is 45.6 Å². The van der Waals surface area contributed by atoms with Crippen LogP contribution < -0.4 is 5.32 Å². The van der Waals surface area contributed by atoms with Gasteiger partial charge >= 0.3 is 6.09 Å². The van der Waals surface area contributed by atoms with E-state index in [0.29, 0.717) is 12.0 Å². The van der Waals surface area contributed by atoms with Gasteiger partial charge in [0.15, 0.2) is 0 Å². The quantitative estimate of drug-likeness (QED) is 0.846. The summed E-state index contributed by atoms with van der Waals surface area (Å²) in [6, 6.07) is 0.627. The number of likely N-dealkylation sites (tertiary alicyclic amines) is 1. The molecule has 0 aromatic rings. The summed E-state index contributed by atoms with van der Waals surface area (Å²) in [6.07, 6.45) is 2.03. The summed E-state index contributed by atoms with van der Waals surface area (Å²) >= 11 is 0. The molecule has 0 aromatic heterocycles. The Kier molecular flexibility index (Phi) is 5.49. The van der Waals surface area contributed by atoms with E-state index in [-0.39, 0.29) is 6.09 Å². The number of amides is 1. The van der Waals surface area contributed by atoms with Gasteiger partial charge in [-0.15, -0.1) is 0 Å². The van der Waals surface area contributed by atoms with Crippen LogP contribution in [0, 0.1) is 5.92 Å². The van der Waals surface area contributed by atoms with E-state index in [1.165, 1.54) is 6.54 Å². The van der Waals surface area contributed by atoms with E-state index in [9.17, 15) is 4.79 Å². The van der Waals surface area contributed by atoms with Crippen LogP contribution in [0.1, 0.15) is 40.5 Å². The minimum absolute atomic E-state index is 0.156. The Morgan fingerprint density at radius 2 is 1.90 bits per heavy atom. The predicted octanol–water partition coefficient (Wildman–Crippen LogP) is 1.93. The zero-order chi connectivity index (χ0) is 15.5. The molecule has 2 aliphatic rings. The van der Waals surface area contributed by atoms with Gasteiger partial charge in [-0.25, -0.2) is 4.79 Å². The second-order valence-corrected chi connectivity index (χ2v) is 7.46. The van der Waals surface area contributed by atoms with Crippen LogP contribution in [0.5, 0.6) is 0 Å². The van der Waals surface area contributed by atoms with Gasteiger partial charge in [-0.3, -0.25) is 4.90 Å². The molecule has 0 saturated carbocycles. The third-order valence-electron chi connectivity index (χ3n) is 4.40. The number of hydrogen-bond acceptors (Lipinski definition) is 4. The minimum atomic E-state index is -0.399. The van der Waals surface area contributed by atoms with Crippen molar-refractivity contribution in [3.63, 3.8) is 0 Å². The van der Waals surface area contributed by atoms with Crippen LogP contribution in [0.4, 0.5) is 4.79 Å². The van der Waals surface area contributed by atoms with Crippen molar-refractivity contribution in [2.24, 2.45) is 5.92 Å². The number of nitrogens with zero attached hydrogens (tertiary/aromatic N) is 2. The van der Waals surface area contributed by atoms with Crippen LogP contribution >= 0.6 is 0 Å². The number of carbonyl (C=O) groups is 1. The minimum Gasteiger partial charge on any atom is -0.444 e. The van der Waals surface area contributed by atoms with E-state index >= 15 is 0 Å². The molecule has 21 heavy (non-hydrogen) atoms. The van der Waals surface area contributed by atoms with Crippen molar-refractivity contribution in [2.45, 2.75) is 52.2 Å². The molecule has 5 nitrogen and oxygen atoms in total. The van der Waals surface area contributed by atoms with Gasteiger partial charge in [0.1, 0.15) is 5.60 Å². The highest BCUT2D eigenvalue weighted by Crippen LogP contribution is 2.21. The molecule has 0 radical (unpaired) electrons. The zero-order valence-electron chi connectivity index (χ0n) is 14.0. The Hall–Kier alpha value is -0.810. The fraction of sp³-hybridized carbons (Fsp3) is 0.938. The van der Waals surface area contributed by atoms with Gasteiger partial charge in [-0.1, -0.05) is 0 Å². The third kappa shape index (κ3) is 5.15. The number of hydrogen-bond donors (Lipinski definition) is 1. The van der Waals surface area contributed by atoms with Crippen molar-refractivity contribution >= 4 is 6.09 Å². The highest BCUT2D eigenvalue weighted by molar-refractivity contribution is 5.68. The lowest BCUT2D eigenvalue weighted by atomic mass is 9.95. The molecule has 1 atom stereocenters. The predicted molar refractivity (Wildman–Crippen MR) is 84.4 cm³/mol. The Bertz CT molecular complexity index is 346. The van der Waals surface area contributed by atoms with Gasteiger partial charge < -0.3 is 15.0 Å². The maximum Gasteiger partial charge on any atom is 0.410 e. The lowest BCUT2D eigenvalue weighted by Crippen LogP contribution is -2.52. The van der Waals surface area contributed by atoms with Gasteiger partial charge in [-0.05, 0) is 46.5 Å². The summed E-state index contributed by atoms with van der Waals surface area (Å²) in [5, 5.41) is 3.43. The summed E-state index contributed by atoms with van der Waals surface area (Å²) < 4.78 is 5.45. The average Bonchev–Trinajstić information content (AvgIpc) is 2.40. The first-order valence-electron chi connectivity index (χ1n) is 8.28. The van der Waals surface area contributed by atoms with Crippen molar-refractivity contribution in [1.29, 1.82) is 0 Å². The molecule has 0 unspecified atom stereocenters. The summed E-state index contributed by atoms with van der Waals surface area (Å²) in [4.78, 5) is 16.5.